The van der Waals surface area contributed by atoms with Gasteiger partial charge in [-0.2, -0.15) is 4.98 Å². The molecule has 0 N–H and O–H groups in total. The molecular formula is C18H20ClN3O4. The molecule has 0 bridgehead atoms. The van der Waals surface area contributed by atoms with Crippen molar-refractivity contribution in [2.24, 2.45) is 5.92 Å². The number of ether oxygens (including phenoxy) is 1. The number of nitrogens with zero attached hydrogens (tertiary/aromatic N) is 3. The maximum Gasteiger partial charge on any atom is 0.308 e. The lowest BCUT2D eigenvalue weighted by molar-refractivity contribution is -0.148. The molecule has 1 aromatic carbocycles. The van der Waals surface area contributed by atoms with Crippen molar-refractivity contribution in [2.45, 2.75) is 25.7 Å². The van der Waals surface area contributed by atoms with Crippen LogP contribution in [0.1, 0.15) is 25.2 Å². The Hall–Kier alpha value is -2.41. The highest BCUT2D eigenvalue weighted by atomic mass is 35.5. The standard InChI is InChI=1S/C18H20ClN3O4/c1-25-18(24)13-8-10-22(11-9-13)16(23)7-6-15-20-17(21-26-15)12-2-4-14(19)5-3-12/h2-5,13H,6-11H2,1H3. The van der Waals surface area contributed by atoms with Gasteiger partial charge in [0, 0.05) is 36.5 Å². The summed E-state index contributed by atoms with van der Waals surface area (Å²) in [6.45, 7) is 1.14. The summed E-state index contributed by atoms with van der Waals surface area (Å²) in [5.41, 5.74) is 0.806. The van der Waals surface area contributed by atoms with Gasteiger partial charge in [0.2, 0.25) is 17.6 Å². The first kappa shape index (κ1) is 18.4. The van der Waals surface area contributed by atoms with Crippen LogP contribution < -0.4 is 0 Å². The predicted molar refractivity (Wildman–Crippen MR) is 94.4 cm³/mol. The van der Waals surface area contributed by atoms with Crippen LogP contribution in [-0.4, -0.2) is 47.1 Å². The number of aryl methyl sites for hydroxylation is 1. The number of aromatic nitrogens is 2. The first-order valence-electron chi connectivity index (χ1n) is 8.51. The third kappa shape index (κ3) is 4.40. The number of carbonyl (C=O) groups is 2. The van der Waals surface area contributed by atoms with Gasteiger partial charge in [0.1, 0.15) is 0 Å². The SMILES string of the molecule is COC(=O)C1CCN(C(=O)CCc2nc(-c3ccc(Cl)cc3)no2)CC1. The second kappa shape index (κ2) is 8.31. The minimum absolute atomic E-state index is 0.0274. The lowest BCUT2D eigenvalue weighted by Crippen LogP contribution is -2.40. The van der Waals surface area contributed by atoms with E-state index >= 15 is 0 Å². The maximum absolute atomic E-state index is 12.3. The van der Waals surface area contributed by atoms with Crippen molar-refractivity contribution in [3.05, 3.63) is 35.2 Å². The first-order valence-corrected chi connectivity index (χ1v) is 8.88. The monoisotopic (exact) mass is 377 g/mol. The van der Waals surface area contributed by atoms with E-state index in [0.717, 1.165) is 5.56 Å². The number of amides is 1. The van der Waals surface area contributed by atoms with Crippen molar-refractivity contribution in [3.63, 3.8) is 0 Å². The molecule has 138 valence electrons. The highest BCUT2D eigenvalue weighted by molar-refractivity contribution is 6.30. The van der Waals surface area contributed by atoms with Gasteiger partial charge in [0.25, 0.3) is 0 Å². The van der Waals surface area contributed by atoms with Crippen molar-refractivity contribution in [2.75, 3.05) is 20.2 Å². The number of halogens is 1. The van der Waals surface area contributed by atoms with Crippen LogP contribution in [0.2, 0.25) is 5.02 Å². The zero-order chi connectivity index (χ0) is 18.5. The van der Waals surface area contributed by atoms with Crippen LogP contribution in [0, 0.1) is 5.92 Å². The van der Waals surface area contributed by atoms with E-state index in [0.29, 0.717) is 55.5 Å². The molecule has 0 unspecified atom stereocenters. The lowest BCUT2D eigenvalue weighted by atomic mass is 9.97. The number of carbonyl (C=O) groups excluding carboxylic acids is 2. The molecule has 1 fully saturated rings. The van der Waals surface area contributed by atoms with Crippen molar-refractivity contribution < 1.29 is 18.8 Å². The number of piperidine rings is 1. The van der Waals surface area contributed by atoms with E-state index < -0.39 is 0 Å². The van der Waals surface area contributed by atoms with Crippen LogP contribution in [0.25, 0.3) is 11.4 Å². The summed E-state index contributed by atoms with van der Waals surface area (Å²) in [7, 11) is 1.39. The third-order valence-corrected chi connectivity index (χ3v) is 4.76. The molecule has 3 rings (SSSR count). The van der Waals surface area contributed by atoms with E-state index in [4.69, 9.17) is 20.9 Å². The molecule has 26 heavy (non-hydrogen) atoms. The number of rotatable bonds is 5. The molecule has 0 saturated carbocycles. The molecule has 0 radical (unpaired) electrons. The Balaban J connectivity index is 1.49. The predicted octanol–water partition coefficient (Wildman–Crippen LogP) is 2.73. The van der Waals surface area contributed by atoms with E-state index in [1.54, 1.807) is 17.0 Å². The fourth-order valence-electron chi connectivity index (χ4n) is 2.98. The highest BCUT2D eigenvalue weighted by Gasteiger charge is 2.27. The molecule has 0 atom stereocenters. The number of hydrogen-bond acceptors (Lipinski definition) is 6. The molecule has 1 aliphatic rings. The van der Waals surface area contributed by atoms with Crippen molar-refractivity contribution >= 4 is 23.5 Å². The zero-order valence-corrected chi connectivity index (χ0v) is 15.2. The quantitative estimate of drug-likeness (QED) is 0.745. The molecule has 2 aromatic rings. The van der Waals surface area contributed by atoms with Crippen molar-refractivity contribution in [1.82, 2.24) is 15.0 Å². The Morgan fingerprint density at radius 1 is 1.27 bits per heavy atom. The Morgan fingerprint density at radius 3 is 2.62 bits per heavy atom. The molecule has 1 amide bonds. The number of hydrogen-bond donors (Lipinski definition) is 0. The highest BCUT2D eigenvalue weighted by Crippen LogP contribution is 2.21. The molecule has 8 heteroatoms. The van der Waals surface area contributed by atoms with E-state index in [-0.39, 0.29) is 17.8 Å². The molecule has 1 aromatic heterocycles. The molecule has 1 saturated heterocycles. The van der Waals surface area contributed by atoms with Gasteiger partial charge in [-0.3, -0.25) is 9.59 Å². The van der Waals surface area contributed by atoms with E-state index in [1.807, 2.05) is 12.1 Å². The number of likely N-dealkylation sites (tertiary alicyclic amines) is 1. The summed E-state index contributed by atoms with van der Waals surface area (Å²) in [6.07, 6.45) is 1.96. The number of benzene rings is 1. The maximum atomic E-state index is 12.3. The average Bonchev–Trinajstić information content (AvgIpc) is 3.15. The van der Waals surface area contributed by atoms with Gasteiger partial charge >= 0.3 is 5.97 Å². The molecule has 2 heterocycles. The topological polar surface area (TPSA) is 85.5 Å². The average molecular weight is 378 g/mol. The van der Waals surface area contributed by atoms with Gasteiger partial charge in [0.05, 0.1) is 13.0 Å². The van der Waals surface area contributed by atoms with Gasteiger partial charge in [-0.25, -0.2) is 0 Å². The number of methoxy groups -OCH3 is 1. The molecule has 0 aliphatic carbocycles. The Kier molecular flexibility index (Phi) is 5.88. The molecular weight excluding hydrogens is 358 g/mol. The van der Waals surface area contributed by atoms with Crippen LogP contribution in [0.3, 0.4) is 0 Å². The summed E-state index contributed by atoms with van der Waals surface area (Å²) >= 11 is 5.87. The third-order valence-electron chi connectivity index (χ3n) is 4.51. The van der Waals surface area contributed by atoms with Crippen LogP contribution in [0.4, 0.5) is 0 Å². The minimum Gasteiger partial charge on any atom is -0.469 e. The first-order chi connectivity index (χ1) is 12.6. The van der Waals surface area contributed by atoms with Gasteiger partial charge in [-0.05, 0) is 37.1 Å². The minimum atomic E-state index is -0.197. The summed E-state index contributed by atoms with van der Waals surface area (Å²) in [6, 6.07) is 7.14. The van der Waals surface area contributed by atoms with Crippen LogP contribution >= 0.6 is 11.6 Å². The zero-order valence-electron chi connectivity index (χ0n) is 14.5. The van der Waals surface area contributed by atoms with Crippen molar-refractivity contribution in [3.8, 4) is 11.4 Å². The smallest absolute Gasteiger partial charge is 0.308 e. The van der Waals surface area contributed by atoms with Crippen LogP contribution in [0.15, 0.2) is 28.8 Å². The Morgan fingerprint density at radius 2 is 1.96 bits per heavy atom. The summed E-state index contributed by atoms with van der Waals surface area (Å²) in [5, 5.41) is 4.58. The van der Waals surface area contributed by atoms with E-state index in [2.05, 4.69) is 10.1 Å². The largest absolute Gasteiger partial charge is 0.469 e. The normalized spacial score (nSPS) is 15.1. The summed E-state index contributed by atoms with van der Waals surface area (Å²) in [4.78, 5) is 30.0. The Bertz CT molecular complexity index is 767. The van der Waals surface area contributed by atoms with Gasteiger partial charge in [-0.15, -0.1) is 0 Å². The second-order valence-electron chi connectivity index (χ2n) is 6.20. The second-order valence-corrected chi connectivity index (χ2v) is 6.63. The molecule has 0 spiro atoms. The summed E-state index contributed by atoms with van der Waals surface area (Å²) < 4.78 is 9.98. The van der Waals surface area contributed by atoms with Gasteiger partial charge < -0.3 is 14.2 Å². The van der Waals surface area contributed by atoms with E-state index in [9.17, 15) is 9.59 Å². The van der Waals surface area contributed by atoms with Gasteiger partial charge in [0.15, 0.2) is 0 Å². The van der Waals surface area contributed by atoms with Gasteiger partial charge in [-0.1, -0.05) is 16.8 Å². The fourth-order valence-corrected chi connectivity index (χ4v) is 3.10. The Labute approximate surface area is 156 Å². The summed E-state index contributed by atoms with van der Waals surface area (Å²) in [5.74, 6) is 0.620. The fraction of sp³-hybridized carbons (Fsp3) is 0.444. The molecule has 7 nitrogen and oxygen atoms in total. The molecule has 1 aliphatic heterocycles. The van der Waals surface area contributed by atoms with Crippen molar-refractivity contribution in [1.29, 1.82) is 0 Å². The van der Waals surface area contributed by atoms with Crippen LogP contribution in [0.5, 0.6) is 0 Å². The lowest BCUT2D eigenvalue weighted by Gasteiger charge is -2.30. The van der Waals surface area contributed by atoms with Crippen LogP contribution in [-0.2, 0) is 20.7 Å². The van der Waals surface area contributed by atoms with E-state index in [1.165, 1.54) is 7.11 Å². The number of esters is 1.